The second-order valence-corrected chi connectivity index (χ2v) is 3.15. The van der Waals surface area contributed by atoms with Crippen LogP contribution in [0.5, 0.6) is 0 Å². The Labute approximate surface area is 67.8 Å². The molecule has 0 bridgehead atoms. The molecular formula is C8H16N2O. The molecule has 1 saturated heterocycles. The fourth-order valence-electron chi connectivity index (χ4n) is 1.29. The summed E-state index contributed by atoms with van der Waals surface area (Å²) in [6, 6.07) is 0. The minimum Gasteiger partial charge on any atom is -0.355 e. The molecule has 1 N–H and O–H groups in total. The molecule has 0 aromatic heterocycles. The molecule has 0 aromatic carbocycles. The summed E-state index contributed by atoms with van der Waals surface area (Å²) in [5.41, 5.74) is 0. The summed E-state index contributed by atoms with van der Waals surface area (Å²) >= 11 is 0. The van der Waals surface area contributed by atoms with E-state index in [4.69, 9.17) is 0 Å². The summed E-state index contributed by atoms with van der Waals surface area (Å²) in [6.45, 7) is 2.46. The van der Waals surface area contributed by atoms with Crippen LogP contribution in [0.4, 0.5) is 0 Å². The minimum absolute atomic E-state index is 0.161. The van der Waals surface area contributed by atoms with Gasteiger partial charge < -0.3 is 5.32 Å². The Hall–Kier alpha value is -0.570. The second-order valence-electron chi connectivity index (χ2n) is 3.15. The lowest BCUT2D eigenvalue weighted by Gasteiger charge is -2.13. The Morgan fingerprint density at radius 2 is 2.18 bits per heavy atom. The third-order valence-electron chi connectivity index (χ3n) is 1.95. The van der Waals surface area contributed by atoms with E-state index >= 15 is 0 Å². The molecular weight excluding hydrogens is 140 g/mol. The summed E-state index contributed by atoms with van der Waals surface area (Å²) in [7, 11) is 1.99. The molecule has 11 heavy (non-hydrogen) atoms. The molecule has 0 aromatic rings. The van der Waals surface area contributed by atoms with E-state index in [1.54, 1.807) is 0 Å². The van der Waals surface area contributed by atoms with Gasteiger partial charge in [-0.25, -0.2) is 0 Å². The fraction of sp³-hybridized carbons (Fsp3) is 0.875. The van der Waals surface area contributed by atoms with Gasteiger partial charge in [0, 0.05) is 6.54 Å². The number of hydrogen-bond donors (Lipinski definition) is 1. The van der Waals surface area contributed by atoms with Gasteiger partial charge in [0.15, 0.2) is 0 Å². The van der Waals surface area contributed by atoms with Crippen molar-refractivity contribution >= 4 is 5.91 Å². The van der Waals surface area contributed by atoms with Gasteiger partial charge in [-0.1, -0.05) is 6.42 Å². The van der Waals surface area contributed by atoms with Crippen molar-refractivity contribution in [2.75, 3.05) is 26.7 Å². The predicted octanol–water partition coefficient (Wildman–Crippen LogP) is 0.218. The number of carbonyl (C=O) groups is 1. The minimum atomic E-state index is 0.161. The highest BCUT2D eigenvalue weighted by atomic mass is 16.2. The van der Waals surface area contributed by atoms with Gasteiger partial charge in [-0.15, -0.1) is 0 Å². The standard InChI is InChI=1S/C8H16N2O/c1-10-6-4-2-3-5-9-8(11)7-10/h2-7H2,1H3,(H,9,11). The number of nitrogens with one attached hydrogen (secondary N) is 1. The Balaban J connectivity index is 2.33. The Kier molecular flexibility index (Phi) is 3.36. The highest BCUT2D eigenvalue weighted by Gasteiger charge is 2.07. The quantitative estimate of drug-likeness (QED) is 0.544. The van der Waals surface area contributed by atoms with Crippen LogP contribution in [0, 0.1) is 0 Å². The van der Waals surface area contributed by atoms with Crippen LogP contribution in [0.25, 0.3) is 0 Å². The summed E-state index contributed by atoms with van der Waals surface area (Å²) in [5, 5.41) is 2.87. The van der Waals surface area contributed by atoms with Crippen molar-refractivity contribution in [2.24, 2.45) is 0 Å². The number of carbonyl (C=O) groups excluding carboxylic acids is 1. The topological polar surface area (TPSA) is 32.3 Å². The molecule has 1 heterocycles. The molecule has 3 heteroatoms. The fourth-order valence-corrected chi connectivity index (χ4v) is 1.29. The largest absolute Gasteiger partial charge is 0.355 e. The summed E-state index contributed by atoms with van der Waals surface area (Å²) in [6.07, 6.45) is 3.57. The molecule has 1 amide bonds. The van der Waals surface area contributed by atoms with Crippen LogP contribution in [-0.2, 0) is 4.79 Å². The highest BCUT2D eigenvalue weighted by molar-refractivity contribution is 5.77. The maximum atomic E-state index is 11.0. The van der Waals surface area contributed by atoms with Crippen LogP contribution in [-0.4, -0.2) is 37.5 Å². The van der Waals surface area contributed by atoms with Crippen LogP contribution < -0.4 is 5.32 Å². The van der Waals surface area contributed by atoms with Crippen LogP contribution in [0.3, 0.4) is 0 Å². The molecule has 0 atom stereocenters. The van der Waals surface area contributed by atoms with Gasteiger partial charge in [-0.05, 0) is 26.4 Å². The van der Waals surface area contributed by atoms with Crippen molar-refractivity contribution in [1.29, 1.82) is 0 Å². The molecule has 1 rings (SSSR count). The van der Waals surface area contributed by atoms with Gasteiger partial charge in [-0.2, -0.15) is 0 Å². The number of amides is 1. The van der Waals surface area contributed by atoms with Crippen LogP contribution >= 0.6 is 0 Å². The first-order valence-electron chi connectivity index (χ1n) is 4.24. The maximum Gasteiger partial charge on any atom is 0.234 e. The Morgan fingerprint density at radius 1 is 1.36 bits per heavy atom. The normalized spacial score (nSPS) is 23.2. The van der Waals surface area contributed by atoms with Crippen molar-refractivity contribution < 1.29 is 4.79 Å². The Bertz CT molecular complexity index is 136. The first kappa shape index (κ1) is 8.53. The molecule has 0 saturated carbocycles. The van der Waals surface area contributed by atoms with E-state index in [-0.39, 0.29) is 5.91 Å². The molecule has 0 unspecified atom stereocenters. The van der Waals surface area contributed by atoms with Crippen molar-refractivity contribution in [2.45, 2.75) is 19.3 Å². The smallest absolute Gasteiger partial charge is 0.234 e. The van der Waals surface area contributed by atoms with Gasteiger partial charge in [-0.3, -0.25) is 9.69 Å². The third kappa shape index (κ3) is 3.37. The molecule has 1 fully saturated rings. The lowest BCUT2D eigenvalue weighted by molar-refractivity contribution is -0.121. The van der Waals surface area contributed by atoms with Crippen molar-refractivity contribution in [3.05, 3.63) is 0 Å². The van der Waals surface area contributed by atoms with Gasteiger partial charge in [0.1, 0.15) is 0 Å². The average Bonchev–Trinajstić information content (AvgIpc) is 2.02. The van der Waals surface area contributed by atoms with Crippen molar-refractivity contribution in [1.82, 2.24) is 10.2 Å². The van der Waals surface area contributed by atoms with Crippen molar-refractivity contribution in [3.63, 3.8) is 0 Å². The summed E-state index contributed by atoms with van der Waals surface area (Å²) in [5.74, 6) is 0.161. The van der Waals surface area contributed by atoms with Gasteiger partial charge in [0.2, 0.25) is 5.91 Å². The zero-order valence-corrected chi connectivity index (χ0v) is 7.10. The van der Waals surface area contributed by atoms with Gasteiger partial charge >= 0.3 is 0 Å². The third-order valence-corrected chi connectivity index (χ3v) is 1.95. The number of hydrogen-bond acceptors (Lipinski definition) is 2. The maximum absolute atomic E-state index is 11.0. The van der Waals surface area contributed by atoms with E-state index in [1.165, 1.54) is 12.8 Å². The molecule has 1 aliphatic heterocycles. The molecule has 3 nitrogen and oxygen atoms in total. The van der Waals surface area contributed by atoms with E-state index in [2.05, 4.69) is 10.2 Å². The van der Waals surface area contributed by atoms with Crippen LogP contribution in [0.15, 0.2) is 0 Å². The van der Waals surface area contributed by atoms with Gasteiger partial charge in [0.25, 0.3) is 0 Å². The molecule has 0 aliphatic carbocycles. The van der Waals surface area contributed by atoms with Gasteiger partial charge in [0.05, 0.1) is 6.54 Å². The van der Waals surface area contributed by atoms with E-state index in [9.17, 15) is 4.79 Å². The lowest BCUT2D eigenvalue weighted by Crippen LogP contribution is -2.34. The number of likely N-dealkylation sites (N-methyl/N-ethyl adjacent to an activating group) is 1. The van der Waals surface area contributed by atoms with E-state index in [0.29, 0.717) is 6.54 Å². The monoisotopic (exact) mass is 156 g/mol. The molecule has 0 spiro atoms. The van der Waals surface area contributed by atoms with Crippen LogP contribution in [0.2, 0.25) is 0 Å². The summed E-state index contributed by atoms with van der Waals surface area (Å²) < 4.78 is 0. The zero-order valence-electron chi connectivity index (χ0n) is 7.10. The van der Waals surface area contributed by atoms with Crippen LogP contribution in [0.1, 0.15) is 19.3 Å². The molecule has 0 radical (unpaired) electrons. The molecule has 1 aliphatic rings. The van der Waals surface area contributed by atoms with E-state index in [0.717, 1.165) is 19.5 Å². The average molecular weight is 156 g/mol. The van der Waals surface area contributed by atoms with E-state index < -0.39 is 0 Å². The second kappa shape index (κ2) is 4.34. The van der Waals surface area contributed by atoms with E-state index in [1.807, 2.05) is 7.05 Å². The lowest BCUT2D eigenvalue weighted by atomic mass is 10.2. The number of rotatable bonds is 0. The first-order chi connectivity index (χ1) is 5.29. The number of nitrogens with zero attached hydrogens (tertiary/aromatic N) is 1. The Morgan fingerprint density at radius 3 is 3.00 bits per heavy atom. The first-order valence-corrected chi connectivity index (χ1v) is 4.24. The SMILES string of the molecule is CN1CCCCCNC(=O)C1. The zero-order chi connectivity index (χ0) is 8.10. The highest BCUT2D eigenvalue weighted by Crippen LogP contribution is 1.98. The van der Waals surface area contributed by atoms with Crippen molar-refractivity contribution in [3.8, 4) is 0 Å². The molecule has 64 valence electrons. The predicted molar refractivity (Wildman–Crippen MR) is 44.4 cm³/mol. The summed E-state index contributed by atoms with van der Waals surface area (Å²) in [4.78, 5) is 13.1.